The van der Waals surface area contributed by atoms with Crippen molar-refractivity contribution in [3.05, 3.63) is 22.2 Å². The van der Waals surface area contributed by atoms with Crippen LogP contribution in [0.15, 0.2) is 12.1 Å². The van der Waals surface area contributed by atoms with E-state index in [1.54, 1.807) is 0 Å². The molecule has 0 radical (unpaired) electrons. The number of alkyl halides is 3. The number of halogens is 5. The molecular weight excluding hydrogens is 298 g/mol. The van der Waals surface area contributed by atoms with E-state index in [0.717, 1.165) is 0 Å². The van der Waals surface area contributed by atoms with Crippen molar-refractivity contribution >= 4 is 40.7 Å². The average Bonchev–Trinajstić information content (AvgIpc) is 2.13. The number of nitrogen functional groups attached to an aromatic ring is 1. The molecule has 17 heavy (non-hydrogen) atoms. The lowest BCUT2D eigenvalue weighted by Gasteiger charge is -2.11. The Kier molecular flexibility index (Phi) is 5.09. The molecule has 0 fully saturated rings. The fourth-order valence-corrected chi connectivity index (χ4v) is 2.03. The second-order valence-corrected chi connectivity index (χ2v) is 4.93. The number of benzene rings is 1. The maximum Gasteiger partial charge on any atom is 0.441 e. The Labute approximate surface area is 110 Å². The standard InChI is InChI=1S/C9H8Cl2F3NOS/c10-6-3-5(15)4-7(11)8(6)16-1-2-17-9(12,13)14/h3-4H,1-2,15H2. The van der Waals surface area contributed by atoms with Gasteiger partial charge in [-0.3, -0.25) is 0 Å². The minimum Gasteiger partial charge on any atom is -0.490 e. The van der Waals surface area contributed by atoms with Gasteiger partial charge in [0.05, 0.1) is 16.7 Å². The summed E-state index contributed by atoms with van der Waals surface area (Å²) in [5.74, 6) is -0.0918. The first-order valence-electron chi connectivity index (χ1n) is 4.37. The number of hydrogen-bond acceptors (Lipinski definition) is 3. The third-order valence-electron chi connectivity index (χ3n) is 1.62. The van der Waals surface area contributed by atoms with Gasteiger partial charge in [-0.05, 0) is 23.9 Å². The van der Waals surface area contributed by atoms with Gasteiger partial charge in [0.2, 0.25) is 0 Å². The summed E-state index contributed by atoms with van der Waals surface area (Å²) in [6, 6.07) is 2.83. The van der Waals surface area contributed by atoms with Gasteiger partial charge in [-0.2, -0.15) is 13.2 Å². The predicted molar refractivity (Wildman–Crippen MR) is 64.9 cm³/mol. The molecule has 0 aliphatic heterocycles. The van der Waals surface area contributed by atoms with Crippen molar-refractivity contribution in [1.82, 2.24) is 0 Å². The summed E-state index contributed by atoms with van der Waals surface area (Å²) in [5.41, 5.74) is 1.56. The van der Waals surface area contributed by atoms with Gasteiger partial charge in [0, 0.05) is 11.4 Å². The third-order valence-corrected chi connectivity index (χ3v) is 2.88. The van der Waals surface area contributed by atoms with Crippen molar-refractivity contribution in [2.75, 3.05) is 18.1 Å². The van der Waals surface area contributed by atoms with E-state index in [1.165, 1.54) is 12.1 Å². The number of nitrogens with two attached hydrogens (primary N) is 1. The number of hydrogen-bond donors (Lipinski definition) is 1. The third kappa shape index (κ3) is 5.14. The molecule has 0 aliphatic carbocycles. The van der Waals surface area contributed by atoms with Crippen molar-refractivity contribution in [2.45, 2.75) is 5.51 Å². The molecule has 96 valence electrons. The van der Waals surface area contributed by atoms with Crippen LogP contribution in [-0.4, -0.2) is 17.9 Å². The first-order chi connectivity index (χ1) is 7.79. The van der Waals surface area contributed by atoms with Gasteiger partial charge >= 0.3 is 5.51 Å². The maximum atomic E-state index is 11.8. The minimum atomic E-state index is -4.27. The van der Waals surface area contributed by atoms with Crippen molar-refractivity contribution in [1.29, 1.82) is 0 Å². The lowest BCUT2D eigenvalue weighted by Crippen LogP contribution is -2.08. The Morgan fingerprint density at radius 2 is 1.76 bits per heavy atom. The van der Waals surface area contributed by atoms with Crippen molar-refractivity contribution < 1.29 is 17.9 Å². The molecule has 1 aromatic rings. The molecule has 0 spiro atoms. The second kappa shape index (κ2) is 5.93. The molecule has 0 saturated heterocycles. The highest BCUT2D eigenvalue weighted by Crippen LogP contribution is 2.35. The Hall–Kier alpha value is -0.460. The molecule has 0 unspecified atom stereocenters. The molecule has 2 nitrogen and oxygen atoms in total. The summed E-state index contributed by atoms with van der Waals surface area (Å²) in [7, 11) is 0. The maximum absolute atomic E-state index is 11.8. The first kappa shape index (κ1) is 14.6. The highest BCUT2D eigenvalue weighted by atomic mass is 35.5. The fraction of sp³-hybridized carbons (Fsp3) is 0.333. The molecule has 0 amide bonds. The zero-order chi connectivity index (χ0) is 13.1. The molecule has 0 heterocycles. The number of rotatable bonds is 4. The van der Waals surface area contributed by atoms with Gasteiger partial charge in [-0.25, -0.2) is 0 Å². The minimum absolute atomic E-state index is 0.144. The lowest BCUT2D eigenvalue weighted by molar-refractivity contribution is -0.0329. The van der Waals surface area contributed by atoms with Crippen LogP contribution in [0.5, 0.6) is 5.75 Å². The summed E-state index contributed by atoms with van der Waals surface area (Å²) in [6.07, 6.45) is 0. The Morgan fingerprint density at radius 3 is 2.24 bits per heavy atom. The summed E-state index contributed by atoms with van der Waals surface area (Å²) in [4.78, 5) is 0. The van der Waals surface area contributed by atoms with Crippen LogP contribution in [0, 0.1) is 0 Å². The molecule has 0 aromatic heterocycles. The molecule has 1 aromatic carbocycles. The number of ether oxygens (including phenoxy) is 1. The van der Waals surface area contributed by atoms with E-state index in [9.17, 15) is 13.2 Å². The quantitative estimate of drug-likeness (QED) is 0.668. The van der Waals surface area contributed by atoms with Crippen LogP contribution in [0.2, 0.25) is 10.0 Å². The van der Waals surface area contributed by atoms with E-state index in [-0.39, 0.29) is 39.9 Å². The largest absolute Gasteiger partial charge is 0.490 e. The van der Waals surface area contributed by atoms with Crippen molar-refractivity contribution in [3.8, 4) is 5.75 Å². The zero-order valence-electron chi connectivity index (χ0n) is 8.35. The van der Waals surface area contributed by atoms with E-state index in [0.29, 0.717) is 5.69 Å². The van der Waals surface area contributed by atoms with Gasteiger partial charge in [0.15, 0.2) is 5.75 Å². The van der Waals surface area contributed by atoms with E-state index in [4.69, 9.17) is 33.7 Å². The van der Waals surface area contributed by atoms with Gasteiger partial charge in [0.25, 0.3) is 0 Å². The molecule has 0 saturated carbocycles. The van der Waals surface area contributed by atoms with Crippen molar-refractivity contribution in [3.63, 3.8) is 0 Å². The van der Waals surface area contributed by atoms with E-state index >= 15 is 0 Å². The molecule has 8 heteroatoms. The number of thioether (sulfide) groups is 1. The Balaban J connectivity index is 2.53. The zero-order valence-corrected chi connectivity index (χ0v) is 10.7. The summed E-state index contributed by atoms with van der Waals surface area (Å²) < 4.78 is 40.6. The summed E-state index contributed by atoms with van der Waals surface area (Å²) >= 11 is 11.4. The van der Waals surface area contributed by atoms with Gasteiger partial charge in [-0.15, -0.1) is 0 Å². The first-order valence-corrected chi connectivity index (χ1v) is 6.12. The van der Waals surface area contributed by atoms with Crippen LogP contribution in [0.25, 0.3) is 0 Å². The summed E-state index contributed by atoms with van der Waals surface area (Å²) in [6.45, 7) is -0.145. The topological polar surface area (TPSA) is 35.2 Å². The monoisotopic (exact) mass is 305 g/mol. The van der Waals surface area contributed by atoms with Gasteiger partial charge in [-0.1, -0.05) is 23.2 Å². The fourth-order valence-electron chi connectivity index (χ4n) is 1.02. The summed E-state index contributed by atoms with van der Waals surface area (Å²) in [5, 5.41) is 0.346. The molecule has 0 bridgehead atoms. The normalized spacial score (nSPS) is 11.6. The second-order valence-electron chi connectivity index (χ2n) is 2.96. The number of anilines is 1. The molecular formula is C9H8Cl2F3NOS. The molecule has 0 atom stereocenters. The highest BCUT2D eigenvalue weighted by molar-refractivity contribution is 8.00. The van der Waals surface area contributed by atoms with Gasteiger partial charge < -0.3 is 10.5 Å². The smallest absolute Gasteiger partial charge is 0.441 e. The van der Waals surface area contributed by atoms with Gasteiger partial charge in [0.1, 0.15) is 0 Å². The van der Waals surface area contributed by atoms with Crippen LogP contribution in [-0.2, 0) is 0 Å². The Morgan fingerprint density at radius 1 is 1.24 bits per heavy atom. The van der Waals surface area contributed by atoms with Crippen LogP contribution in [0.1, 0.15) is 0 Å². The highest BCUT2D eigenvalue weighted by Gasteiger charge is 2.27. The molecule has 0 aliphatic rings. The predicted octanol–water partition coefficient (Wildman–Crippen LogP) is 4.21. The molecule has 1 rings (SSSR count). The lowest BCUT2D eigenvalue weighted by atomic mass is 10.3. The Bertz CT molecular complexity index is 377. The molecule has 2 N–H and O–H groups in total. The van der Waals surface area contributed by atoms with E-state index in [2.05, 4.69) is 0 Å². The van der Waals surface area contributed by atoms with Crippen LogP contribution < -0.4 is 10.5 Å². The van der Waals surface area contributed by atoms with Crippen molar-refractivity contribution in [2.24, 2.45) is 0 Å². The van der Waals surface area contributed by atoms with E-state index in [1.807, 2.05) is 0 Å². The average molecular weight is 306 g/mol. The van der Waals surface area contributed by atoms with Crippen LogP contribution in [0.4, 0.5) is 18.9 Å². The SMILES string of the molecule is Nc1cc(Cl)c(OCCSC(F)(F)F)c(Cl)c1. The van der Waals surface area contributed by atoms with E-state index < -0.39 is 5.51 Å². The van der Waals surface area contributed by atoms with Crippen LogP contribution >= 0.6 is 35.0 Å². The van der Waals surface area contributed by atoms with Crippen LogP contribution in [0.3, 0.4) is 0 Å².